The van der Waals surface area contributed by atoms with Gasteiger partial charge in [0, 0.05) is 17.5 Å². The molecule has 7 unspecified atom stereocenters. The van der Waals surface area contributed by atoms with Gasteiger partial charge in [-0.25, -0.2) is 0 Å². The molecule has 0 amide bonds. The monoisotopic (exact) mass is 384 g/mol. The first kappa shape index (κ1) is 18.0. The minimum Gasteiger partial charge on any atom is -0.545 e. The number of fused-ring (bicyclic) bond motifs is 9. The molecule has 0 saturated heterocycles. The summed E-state index contributed by atoms with van der Waals surface area (Å²) in [5.74, 6) is 3.09. The zero-order valence-electron chi connectivity index (χ0n) is 16.3. The van der Waals surface area contributed by atoms with E-state index in [1.165, 1.54) is 37.5 Å². The summed E-state index contributed by atoms with van der Waals surface area (Å²) >= 11 is 0. The van der Waals surface area contributed by atoms with E-state index in [-0.39, 0.29) is 22.9 Å². The van der Waals surface area contributed by atoms with E-state index in [1.807, 2.05) is 0 Å². The van der Waals surface area contributed by atoms with Crippen LogP contribution in [0.15, 0.2) is 18.2 Å². The molecule has 150 valence electrons. The number of carbonyl (C=O) groups is 1. The van der Waals surface area contributed by atoms with Crippen LogP contribution in [-0.4, -0.2) is 16.5 Å². The van der Waals surface area contributed by atoms with E-state index in [4.69, 9.17) is 4.74 Å². The number of carboxylic acids is 1. The maximum atomic E-state index is 11.6. The standard InChI is InChI=1S/C22H27NO5/c1-11(2)22(28-18-9-14(21(24)25)5-6-17(18)23(26)27)10-15-8-16(22)20-13-4-3-12(7-13)19(15)20/h5-6,9,11-13,15-16,19-20H,3-4,7-8,10H2,1-2H3,(H,24,25)/p-1. The van der Waals surface area contributed by atoms with Crippen molar-refractivity contribution in [2.45, 2.75) is 51.6 Å². The lowest BCUT2D eigenvalue weighted by Crippen LogP contribution is -2.52. The van der Waals surface area contributed by atoms with Crippen molar-refractivity contribution in [1.29, 1.82) is 0 Å². The number of aromatic carboxylic acids is 1. The summed E-state index contributed by atoms with van der Waals surface area (Å²) in [4.78, 5) is 22.4. The molecule has 1 aromatic carbocycles. The Balaban J connectivity index is 1.54. The molecule has 6 nitrogen and oxygen atoms in total. The highest BCUT2D eigenvalue weighted by atomic mass is 16.6. The van der Waals surface area contributed by atoms with Crippen molar-refractivity contribution < 1.29 is 19.6 Å². The predicted molar refractivity (Wildman–Crippen MR) is 99.6 cm³/mol. The van der Waals surface area contributed by atoms with Crippen LogP contribution in [0.25, 0.3) is 0 Å². The first-order valence-electron chi connectivity index (χ1n) is 10.5. The third-order valence-electron chi connectivity index (χ3n) is 8.49. The maximum absolute atomic E-state index is 11.6. The highest BCUT2D eigenvalue weighted by Gasteiger charge is 2.68. The Morgan fingerprint density at radius 1 is 1.18 bits per heavy atom. The van der Waals surface area contributed by atoms with Crippen molar-refractivity contribution >= 4 is 11.7 Å². The molecule has 1 aromatic rings. The minimum absolute atomic E-state index is 0.0765. The van der Waals surface area contributed by atoms with Crippen LogP contribution in [0.3, 0.4) is 0 Å². The molecule has 5 rings (SSSR count). The molecular formula is C22H26NO5-. The van der Waals surface area contributed by atoms with E-state index in [2.05, 4.69) is 13.8 Å². The molecule has 0 radical (unpaired) electrons. The Bertz CT molecular complexity index is 851. The van der Waals surface area contributed by atoms with Gasteiger partial charge >= 0.3 is 5.69 Å². The van der Waals surface area contributed by atoms with Crippen LogP contribution >= 0.6 is 0 Å². The van der Waals surface area contributed by atoms with Crippen molar-refractivity contribution in [3.8, 4) is 5.75 Å². The van der Waals surface area contributed by atoms with Gasteiger partial charge in [-0.05, 0) is 79.7 Å². The average Bonchev–Trinajstić information content (AvgIpc) is 3.40. The molecule has 4 aliphatic carbocycles. The number of hydrogen-bond acceptors (Lipinski definition) is 5. The van der Waals surface area contributed by atoms with Gasteiger partial charge in [-0.3, -0.25) is 10.1 Å². The van der Waals surface area contributed by atoms with E-state index >= 15 is 0 Å². The van der Waals surface area contributed by atoms with Crippen LogP contribution in [0, 0.1) is 51.5 Å². The molecule has 0 aliphatic heterocycles. The first-order valence-corrected chi connectivity index (χ1v) is 10.5. The normalized spacial score (nSPS) is 40.1. The number of rotatable bonds is 5. The number of ether oxygens (including phenoxy) is 1. The second kappa shape index (κ2) is 5.94. The number of nitrogens with zero attached hydrogens (tertiary/aromatic N) is 1. The van der Waals surface area contributed by atoms with Crippen molar-refractivity contribution in [3.05, 3.63) is 33.9 Å². The molecule has 6 heteroatoms. The van der Waals surface area contributed by atoms with Gasteiger partial charge in [0.15, 0.2) is 5.75 Å². The Hall–Kier alpha value is -2.11. The molecule has 4 bridgehead atoms. The van der Waals surface area contributed by atoms with Crippen LogP contribution in [0.5, 0.6) is 5.75 Å². The van der Waals surface area contributed by atoms with Crippen molar-refractivity contribution in [3.63, 3.8) is 0 Å². The molecule has 0 heterocycles. The third kappa shape index (κ3) is 2.29. The summed E-state index contributed by atoms with van der Waals surface area (Å²) in [6.07, 6.45) is 6.09. The minimum atomic E-state index is -1.35. The van der Waals surface area contributed by atoms with E-state index in [9.17, 15) is 20.0 Å². The molecule has 4 fully saturated rings. The fourth-order valence-corrected chi connectivity index (χ4v) is 7.60. The van der Waals surface area contributed by atoms with E-state index < -0.39 is 16.5 Å². The molecule has 7 atom stereocenters. The lowest BCUT2D eigenvalue weighted by Gasteiger charge is -2.48. The van der Waals surface area contributed by atoms with Gasteiger partial charge in [0.05, 0.1) is 10.9 Å². The summed E-state index contributed by atoms with van der Waals surface area (Å²) in [5, 5.41) is 22.9. The van der Waals surface area contributed by atoms with Gasteiger partial charge in [0.25, 0.3) is 0 Å². The Labute approximate surface area is 164 Å². The van der Waals surface area contributed by atoms with Gasteiger partial charge in [0.1, 0.15) is 5.60 Å². The summed E-state index contributed by atoms with van der Waals surface area (Å²) in [6, 6.07) is 3.72. The van der Waals surface area contributed by atoms with Crippen LogP contribution in [0.4, 0.5) is 5.69 Å². The van der Waals surface area contributed by atoms with E-state index in [0.29, 0.717) is 17.8 Å². The smallest absolute Gasteiger partial charge is 0.310 e. The molecular weight excluding hydrogens is 358 g/mol. The van der Waals surface area contributed by atoms with Gasteiger partial charge in [-0.1, -0.05) is 13.8 Å². The molecule has 4 aliphatic rings. The maximum Gasteiger partial charge on any atom is 0.310 e. The van der Waals surface area contributed by atoms with Crippen molar-refractivity contribution in [1.82, 2.24) is 0 Å². The third-order valence-corrected chi connectivity index (χ3v) is 8.49. The quantitative estimate of drug-likeness (QED) is 0.440. The zero-order valence-corrected chi connectivity index (χ0v) is 16.3. The zero-order chi connectivity index (χ0) is 19.8. The highest BCUT2D eigenvalue weighted by Crippen LogP contribution is 2.71. The van der Waals surface area contributed by atoms with E-state index in [1.54, 1.807) is 0 Å². The van der Waals surface area contributed by atoms with Crippen LogP contribution < -0.4 is 9.84 Å². The Morgan fingerprint density at radius 2 is 1.89 bits per heavy atom. The van der Waals surface area contributed by atoms with Gasteiger partial charge < -0.3 is 14.6 Å². The summed E-state index contributed by atoms with van der Waals surface area (Å²) in [5.41, 5.74) is -0.705. The fraction of sp³-hybridized carbons (Fsp3) is 0.682. The molecule has 0 aromatic heterocycles. The SMILES string of the molecule is CC(C)C1(Oc2cc(C(=O)[O-])ccc2[N+](=O)[O-])CC2CC1C1C3CCC(C3)C21. The molecule has 0 N–H and O–H groups in total. The molecule has 4 saturated carbocycles. The van der Waals surface area contributed by atoms with Gasteiger partial charge in [0.2, 0.25) is 0 Å². The second-order valence-corrected chi connectivity index (χ2v) is 9.73. The van der Waals surface area contributed by atoms with Crippen LogP contribution in [0.1, 0.15) is 56.3 Å². The fourth-order valence-electron chi connectivity index (χ4n) is 7.60. The van der Waals surface area contributed by atoms with Crippen LogP contribution in [0.2, 0.25) is 0 Å². The predicted octanol–water partition coefficient (Wildman–Crippen LogP) is 3.43. The number of hydrogen-bond donors (Lipinski definition) is 0. The van der Waals surface area contributed by atoms with Crippen molar-refractivity contribution in [2.75, 3.05) is 0 Å². The molecule has 28 heavy (non-hydrogen) atoms. The first-order chi connectivity index (χ1) is 13.3. The van der Waals surface area contributed by atoms with Crippen molar-refractivity contribution in [2.24, 2.45) is 41.4 Å². The lowest BCUT2D eigenvalue weighted by atomic mass is 9.63. The highest BCUT2D eigenvalue weighted by molar-refractivity contribution is 5.87. The second-order valence-electron chi connectivity index (χ2n) is 9.73. The number of nitro benzene ring substituents is 1. The Morgan fingerprint density at radius 3 is 2.54 bits per heavy atom. The summed E-state index contributed by atoms with van der Waals surface area (Å²) < 4.78 is 6.52. The lowest BCUT2D eigenvalue weighted by molar-refractivity contribution is -0.386. The average molecular weight is 384 g/mol. The summed E-state index contributed by atoms with van der Waals surface area (Å²) in [7, 11) is 0. The van der Waals surface area contributed by atoms with Crippen LogP contribution in [-0.2, 0) is 0 Å². The Kier molecular flexibility index (Phi) is 3.81. The topological polar surface area (TPSA) is 92.5 Å². The summed E-state index contributed by atoms with van der Waals surface area (Å²) in [6.45, 7) is 4.27. The number of carbonyl (C=O) groups excluding carboxylic acids is 1. The number of nitro groups is 1. The van der Waals surface area contributed by atoms with Gasteiger partial charge in [-0.2, -0.15) is 0 Å². The largest absolute Gasteiger partial charge is 0.545 e. The van der Waals surface area contributed by atoms with Gasteiger partial charge in [-0.15, -0.1) is 0 Å². The number of carboxylic acid groups (broad SMARTS) is 1. The molecule has 0 spiro atoms. The number of benzene rings is 1. The van der Waals surface area contributed by atoms with E-state index in [0.717, 1.165) is 30.6 Å².